The highest BCUT2D eigenvalue weighted by Gasteiger charge is 2.32. The van der Waals surface area contributed by atoms with E-state index in [0.29, 0.717) is 35.2 Å². The number of carbonyl (C=O) groups excluding carboxylic acids is 1. The highest BCUT2D eigenvalue weighted by molar-refractivity contribution is 6.40. The van der Waals surface area contributed by atoms with Gasteiger partial charge in [-0.15, -0.1) is 0 Å². The lowest BCUT2D eigenvalue weighted by molar-refractivity contribution is -0.117. The Kier molecular flexibility index (Phi) is 3.61. The van der Waals surface area contributed by atoms with Crippen LogP contribution in [0.3, 0.4) is 0 Å². The Hall–Kier alpha value is -0.770. The molecule has 5 heteroatoms. The Morgan fingerprint density at radius 1 is 1.47 bits per heavy atom. The maximum atomic E-state index is 11.9. The molecule has 1 amide bonds. The number of halogens is 2. The number of nitrogens with zero attached hydrogens (tertiary/aromatic N) is 1. The van der Waals surface area contributed by atoms with Crippen LogP contribution in [-0.2, 0) is 4.79 Å². The highest BCUT2D eigenvalue weighted by Crippen LogP contribution is 2.38. The fraction of sp³-hybridized carbons (Fsp3) is 0.417. The van der Waals surface area contributed by atoms with E-state index in [-0.39, 0.29) is 11.8 Å². The van der Waals surface area contributed by atoms with Gasteiger partial charge >= 0.3 is 0 Å². The van der Waals surface area contributed by atoms with Crippen LogP contribution in [0.4, 0.5) is 5.69 Å². The molecule has 1 fully saturated rings. The average Bonchev–Trinajstić information content (AvgIpc) is 2.66. The summed E-state index contributed by atoms with van der Waals surface area (Å²) in [7, 11) is 0. The molecule has 1 aromatic rings. The van der Waals surface area contributed by atoms with Gasteiger partial charge in [0.15, 0.2) is 0 Å². The van der Waals surface area contributed by atoms with E-state index in [4.69, 9.17) is 28.9 Å². The molecule has 1 aliphatic heterocycles. The second-order valence-electron chi connectivity index (χ2n) is 4.34. The quantitative estimate of drug-likeness (QED) is 0.900. The molecule has 1 aromatic carbocycles. The molecule has 1 saturated heterocycles. The van der Waals surface area contributed by atoms with Crippen LogP contribution < -0.4 is 10.6 Å². The molecule has 92 valence electrons. The first kappa shape index (κ1) is 12.7. The van der Waals surface area contributed by atoms with E-state index in [1.165, 1.54) is 0 Å². The molecule has 17 heavy (non-hydrogen) atoms. The molecular formula is C12H14Cl2N2O. The third-order valence-electron chi connectivity index (χ3n) is 3.07. The van der Waals surface area contributed by atoms with Crippen molar-refractivity contribution in [3.63, 3.8) is 0 Å². The molecule has 3 nitrogen and oxygen atoms in total. The molecule has 0 aliphatic carbocycles. The number of aryl methyl sites for hydroxylation is 1. The summed E-state index contributed by atoms with van der Waals surface area (Å²) in [6.45, 7) is 2.99. The first-order chi connectivity index (χ1) is 8.04. The van der Waals surface area contributed by atoms with E-state index in [1.807, 2.05) is 13.0 Å². The summed E-state index contributed by atoms with van der Waals surface area (Å²) in [6.07, 6.45) is 0.469. The smallest absolute Gasteiger partial charge is 0.227 e. The second kappa shape index (κ2) is 4.84. The molecule has 1 heterocycles. The van der Waals surface area contributed by atoms with Crippen molar-refractivity contribution in [2.45, 2.75) is 13.3 Å². The van der Waals surface area contributed by atoms with Crippen LogP contribution in [0.2, 0.25) is 10.0 Å². The van der Waals surface area contributed by atoms with Gasteiger partial charge in [-0.1, -0.05) is 29.3 Å². The summed E-state index contributed by atoms with van der Waals surface area (Å²) in [6, 6.07) is 3.61. The van der Waals surface area contributed by atoms with Crippen molar-refractivity contribution in [1.82, 2.24) is 0 Å². The lowest BCUT2D eigenvalue weighted by Gasteiger charge is -2.20. The Morgan fingerprint density at radius 3 is 2.76 bits per heavy atom. The molecule has 1 unspecified atom stereocenters. The summed E-state index contributed by atoms with van der Waals surface area (Å²) in [4.78, 5) is 13.6. The van der Waals surface area contributed by atoms with E-state index in [9.17, 15) is 4.79 Å². The minimum absolute atomic E-state index is 0.0369. The first-order valence-corrected chi connectivity index (χ1v) is 6.25. The Balaban J connectivity index is 2.41. The number of anilines is 1. The molecule has 1 atom stereocenters. The zero-order valence-electron chi connectivity index (χ0n) is 9.54. The van der Waals surface area contributed by atoms with Crippen molar-refractivity contribution in [2.75, 3.05) is 18.0 Å². The van der Waals surface area contributed by atoms with Crippen molar-refractivity contribution in [1.29, 1.82) is 0 Å². The summed E-state index contributed by atoms with van der Waals surface area (Å²) in [5.74, 6) is 0.227. The van der Waals surface area contributed by atoms with Crippen LogP contribution in [-0.4, -0.2) is 19.0 Å². The molecule has 0 aromatic heterocycles. The molecule has 0 bridgehead atoms. The minimum atomic E-state index is 0.0369. The lowest BCUT2D eigenvalue weighted by Crippen LogP contribution is -2.26. The van der Waals surface area contributed by atoms with Gasteiger partial charge in [0.25, 0.3) is 0 Å². The van der Waals surface area contributed by atoms with E-state index >= 15 is 0 Å². The van der Waals surface area contributed by atoms with Gasteiger partial charge < -0.3 is 10.6 Å². The Bertz CT molecular complexity index is 462. The van der Waals surface area contributed by atoms with E-state index in [2.05, 4.69) is 0 Å². The lowest BCUT2D eigenvalue weighted by atomic mass is 10.1. The standard InChI is InChI=1S/C12H14Cl2N2O/c1-7-2-3-9(13)12(11(7)14)16-6-8(5-15)4-10(16)17/h2-3,8H,4-6,15H2,1H3. The number of amides is 1. The summed E-state index contributed by atoms with van der Waals surface area (Å²) < 4.78 is 0. The SMILES string of the molecule is Cc1ccc(Cl)c(N2CC(CN)CC2=O)c1Cl. The van der Waals surface area contributed by atoms with Crippen LogP contribution in [0.1, 0.15) is 12.0 Å². The van der Waals surface area contributed by atoms with Crippen molar-refractivity contribution >= 4 is 34.8 Å². The monoisotopic (exact) mass is 272 g/mol. The number of nitrogens with two attached hydrogens (primary N) is 1. The second-order valence-corrected chi connectivity index (χ2v) is 5.12. The largest absolute Gasteiger partial charge is 0.330 e. The normalized spacial score (nSPS) is 20.1. The zero-order chi connectivity index (χ0) is 12.6. The maximum Gasteiger partial charge on any atom is 0.227 e. The summed E-state index contributed by atoms with van der Waals surface area (Å²) in [5.41, 5.74) is 7.13. The molecule has 0 saturated carbocycles. The molecular weight excluding hydrogens is 259 g/mol. The van der Waals surface area contributed by atoms with Gasteiger partial charge in [0.2, 0.25) is 5.91 Å². The van der Waals surface area contributed by atoms with Gasteiger partial charge in [-0.05, 0) is 31.0 Å². The average molecular weight is 273 g/mol. The number of carbonyl (C=O) groups is 1. The van der Waals surface area contributed by atoms with E-state index in [0.717, 1.165) is 5.56 Å². The number of rotatable bonds is 2. The predicted octanol–water partition coefficient (Wildman–Crippen LogP) is 2.61. The van der Waals surface area contributed by atoms with E-state index < -0.39 is 0 Å². The van der Waals surface area contributed by atoms with Crippen LogP contribution in [0.25, 0.3) is 0 Å². The number of hydrogen-bond donors (Lipinski definition) is 1. The van der Waals surface area contributed by atoms with Gasteiger partial charge in [-0.25, -0.2) is 0 Å². The topological polar surface area (TPSA) is 46.3 Å². The van der Waals surface area contributed by atoms with Crippen LogP contribution >= 0.6 is 23.2 Å². The molecule has 0 radical (unpaired) electrons. The zero-order valence-corrected chi connectivity index (χ0v) is 11.1. The van der Waals surface area contributed by atoms with Gasteiger partial charge in [0.1, 0.15) is 0 Å². The van der Waals surface area contributed by atoms with Crippen molar-refractivity contribution in [3.05, 3.63) is 27.7 Å². The summed E-state index contributed by atoms with van der Waals surface area (Å²) in [5, 5.41) is 1.05. The van der Waals surface area contributed by atoms with Crippen LogP contribution in [0.15, 0.2) is 12.1 Å². The third kappa shape index (κ3) is 2.28. The highest BCUT2D eigenvalue weighted by atomic mass is 35.5. The molecule has 2 N–H and O–H groups in total. The maximum absolute atomic E-state index is 11.9. The molecule has 1 aliphatic rings. The van der Waals surface area contributed by atoms with Gasteiger partial charge in [0, 0.05) is 13.0 Å². The fourth-order valence-corrected chi connectivity index (χ4v) is 2.62. The van der Waals surface area contributed by atoms with Crippen molar-refractivity contribution < 1.29 is 4.79 Å². The van der Waals surface area contributed by atoms with Gasteiger partial charge in [-0.3, -0.25) is 4.79 Å². The summed E-state index contributed by atoms with van der Waals surface area (Å²) >= 11 is 12.4. The van der Waals surface area contributed by atoms with Crippen molar-refractivity contribution in [2.24, 2.45) is 11.7 Å². The van der Waals surface area contributed by atoms with Gasteiger partial charge in [-0.2, -0.15) is 0 Å². The minimum Gasteiger partial charge on any atom is -0.330 e. The Morgan fingerprint density at radius 2 is 2.18 bits per heavy atom. The third-order valence-corrected chi connectivity index (χ3v) is 3.85. The molecule has 0 spiro atoms. The number of benzene rings is 1. The van der Waals surface area contributed by atoms with Gasteiger partial charge in [0.05, 0.1) is 15.7 Å². The first-order valence-electron chi connectivity index (χ1n) is 5.49. The molecule has 2 rings (SSSR count). The number of hydrogen-bond acceptors (Lipinski definition) is 2. The van der Waals surface area contributed by atoms with Crippen molar-refractivity contribution in [3.8, 4) is 0 Å². The van der Waals surface area contributed by atoms with E-state index in [1.54, 1.807) is 11.0 Å². The Labute approximate surface area is 110 Å². The fourth-order valence-electron chi connectivity index (χ4n) is 2.04. The van der Waals surface area contributed by atoms with Crippen LogP contribution in [0, 0.1) is 12.8 Å². The predicted molar refractivity (Wildman–Crippen MR) is 70.7 cm³/mol. The van der Waals surface area contributed by atoms with Crippen LogP contribution in [0.5, 0.6) is 0 Å².